The number of anilines is 1. The summed E-state index contributed by atoms with van der Waals surface area (Å²) in [6.45, 7) is 3.81. The fraction of sp³-hybridized carbons (Fsp3) is 0.353. The maximum Gasteiger partial charge on any atom is 0.319 e. The minimum Gasteiger partial charge on any atom is -0.335 e. The van der Waals surface area contributed by atoms with E-state index in [0.29, 0.717) is 23.7 Å². The topological polar surface area (TPSA) is 84.0 Å². The molecule has 1 aromatic carbocycles. The van der Waals surface area contributed by atoms with E-state index in [2.05, 4.69) is 20.6 Å². The second kappa shape index (κ2) is 8.54. The molecule has 0 radical (unpaired) electrons. The number of aryl methyl sites for hydroxylation is 1. The van der Waals surface area contributed by atoms with Gasteiger partial charge in [0.05, 0.1) is 0 Å². The average molecular weight is 346 g/mol. The van der Waals surface area contributed by atoms with E-state index in [1.54, 1.807) is 12.5 Å². The molecule has 0 aliphatic rings. The van der Waals surface area contributed by atoms with Crippen LogP contribution in [0.2, 0.25) is 0 Å². The zero-order valence-electron chi connectivity index (χ0n) is 14.1. The van der Waals surface area contributed by atoms with Gasteiger partial charge in [0, 0.05) is 52.0 Å². The third kappa shape index (κ3) is 5.73. The molecule has 0 aliphatic heterocycles. The number of urea groups is 1. The zero-order chi connectivity index (χ0) is 17.5. The lowest BCUT2D eigenvalue weighted by Crippen LogP contribution is -2.36. The number of hydrogen-bond donors (Lipinski definition) is 2. The molecule has 0 unspecified atom stereocenters. The molecule has 1 aromatic heterocycles. The first kappa shape index (κ1) is 18.1. The summed E-state index contributed by atoms with van der Waals surface area (Å²) < 4.78 is 11.1. The van der Waals surface area contributed by atoms with E-state index in [9.17, 15) is 9.00 Å². The van der Waals surface area contributed by atoms with Gasteiger partial charge >= 0.3 is 6.03 Å². The van der Waals surface area contributed by atoms with Crippen LogP contribution >= 0.6 is 0 Å². The molecule has 0 bridgehead atoms. The number of amides is 2. The number of nitrogens with one attached hydrogen (secondary N) is 2. The first-order valence-electron chi connectivity index (χ1n) is 7.71. The van der Waals surface area contributed by atoms with E-state index in [1.807, 2.05) is 44.2 Å². The van der Waals surface area contributed by atoms with Crippen molar-refractivity contribution >= 4 is 22.5 Å². The van der Waals surface area contributed by atoms with Crippen molar-refractivity contribution in [3.8, 4) is 11.4 Å². The van der Waals surface area contributed by atoms with Crippen molar-refractivity contribution in [2.24, 2.45) is 0 Å². The van der Waals surface area contributed by atoms with Gasteiger partial charge in [-0.25, -0.2) is 14.8 Å². The maximum atomic E-state index is 11.9. The van der Waals surface area contributed by atoms with E-state index in [0.717, 1.165) is 11.3 Å². The lowest BCUT2D eigenvalue weighted by Gasteiger charge is -2.14. The molecule has 0 aliphatic carbocycles. The van der Waals surface area contributed by atoms with Crippen molar-refractivity contribution < 1.29 is 9.00 Å². The van der Waals surface area contributed by atoms with Gasteiger partial charge in [-0.3, -0.25) is 4.21 Å². The highest BCUT2D eigenvalue weighted by molar-refractivity contribution is 7.84. The highest BCUT2D eigenvalue weighted by Crippen LogP contribution is 2.17. The minimum atomic E-state index is -0.845. The molecule has 2 rings (SSSR count). The van der Waals surface area contributed by atoms with E-state index in [1.165, 1.54) is 0 Å². The van der Waals surface area contributed by atoms with Crippen LogP contribution < -0.4 is 10.6 Å². The van der Waals surface area contributed by atoms with Gasteiger partial charge in [-0.1, -0.05) is 0 Å². The van der Waals surface area contributed by atoms with Crippen LogP contribution in [0.5, 0.6) is 0 Å². The summed E-state index contributed by atoms with van der Waals surface area (Å²) in [6.07, 6.45) is 4.06. The van der Waals surface area contributed by atoms with E-state index in [-0.39, 0.29) is 12.1 Å². The lowest BCUT2D eigenvalue weighted by molar-refractivity contribution is 0.249. The second-order valence-corrected chi connectivity index (χ2v) is 7.22. The number of aromatic nitrogens is 2. The summed E-state index contributed by atoms with van der Waals surface area (Å²) in [5.41, 5.74) is 2.49. The molecule has 2 atom stereocenters. The zero-order valence-corrected chi connectivity index (χ0v) is 14.9. The Kier molecular flexibility index (Phi) is 6.43. The Hall–Kier alpha value is -2.28. The van der Waals surface area contributed by atoms with Crippen molar-refractivity contribution in [1.82, 2.24) is 15.3 Å². The molecular weight excluding hydrogens is 324 g/mol. The number of carbonyl (C=O) groups is 1. The van der Waals surface area contributed by atoms with E-state index < -0.39 is 10.8 Å². The molecule has 24 heavy (non-hydrogen) atoms. The predicted molar refractivity (Wildman–Crippen MR) is 97.4 cm³/mol. The molecule has 6 nitrogen and oxygen atoms in total. The van der Waals surface area contributed by atoms with Crippen LogP contribution in [0.1, 0.15) is 19.0 Å². The van der Waals surface area contributed by atoms with Gasteiger partial charge in [-0.2, -0.15) is 0 Å². The largest absolute Gasteiger partial charge is 0.335 e. The third-order valence-electron chi connectivity index (χ3n) is 3.41. The van der Waals surface area contributed by atoms with Crippen LogP contribution in [-0.4, -0.2) is 38.3 Å². The van der Waals surface area contributed by atoms with Crippen LogP contribution in [0.3, 0.4) is 0 Å². The van der Waals surface area contributed by atoms with Gasteiger partial charge in [-0.05, 0) is 50.6 Å². The molecular formula is C17H22N4O2S. The Labute approximate surface area is 144 Å². The first-order chi connectivity index (χ1) is 11.4. The van der Waals surface area contributed by atoms with Crippen molar-refractivity contribution in [3.05, 3.63) is 42.2 Å². The van der Waals surface area contributed by atoms with Crippen LogP contribution in [0.4, 0.5) is 10.5 Å². The number of rotatable bonds is 6. The van der Waals surface area contributed by atoms with Gasteiger partial charge in [-0.15, -0.1) is 0 Å². The Balaban J connectivity index is 1.91. The van der Waals surface area contributed by atoms with Gasteiger partial charge < -0.3 is 10.6 Å². The Morgan fingerprint density at radius 1 is 1.25 bits per heavy atom. The second-order valence-electron chi connectivity index (χ2n) is 5.66. The molecule has 0 spiro atoms. The Morgan fingerprint density at radius 2 is 1.96 bits per heavy atom. The molecule has 7 heteroatoms. The van der Waals surface area contributed by atoms with E-state index >= 15 is 0 Å². The van der Waals surface area contributed by atoms with Crippen molar-refractivity contribution in [2.75, 3.05) is 17.3 Å². The maximum absolute atomic E-state index is 11.9. The van der Waals surface area contributed by atoms with Crippen molar-refractivity contribution in [1.29, 1.82) is 0 Å². The lowest BCUT2D eigenvalue weighted by atomic mass is 10.2. The smallest absolute Gasteiger partial charge is 0.319 e. The average Bonchev–Trinajstić information content (AvgIpc) is 2.53. The molecule has 0 fully saturated rings. The van der Waals surface area contributed by atoms with Gasteiger partial charge in [0.25, 0.3) is 0 Å². The van der Waals surface area contributed by atoms with Gasteiger partial charge in [0.15, 0.2) is 5.82 Å². The van der Waals surface area contributed by atoms with Gasteiger partial charge in [0.1, 0.15) is 0 Å². The molecule has 2 aromatic rings. The monoisotopic (exact) mass is 346 g/mol. The van der Waals surface area contributed by atoms with Crippen molar-refractivity contribution in [3.63, 3.8) is 0 Å². The van der Waals surface area contributed by atoms with Crippen LogP contribution in [0, 0.1) is 6.92 Å². The first-order valence-corrected chi connectivity index (χ1v) is 9.44. The fourth-order valence-corrected chi connectivity index (χ4v) is 2.78. The molecule has 0 saturated carbocycles. The fourth-order valence-electron chi connectivity index (χ4n) is 2.10. The summed E-state index contributed by atoms with van der Waals surface area (Å²) in [4.78, 5) is 20.6. The quantitative estimate of drug-likeness (QED) is 0.842. The normalized spacial score (nSPS) is 13.1. The highest BCUT2D eigenvalue weighted by atomic mass is 32.2. The molecule has 2 N–H and O–H groups in total. The Morgan fingerprint density at radius 3 is 2.58 bits per heavy atom. The van der Waals surface area contributed by atoms with Crippen LogP contribution in [0.25, 0.3) is 11.4 Å². The summed E-state index contributed by atoms with van der Waals surface area (Å²) in [5, 5.41) is 5.61. The standard InChI is InChI=1S/C17H22N4O2S/c1-12-8-10-18-16(19-12)14-4-6-15(7-5-14)21-17(22)20-13(2)9-11-24(3)23/h4-8,10,13H,9,11H2,1-3H3,(H2,20,21,22)/t13-,24+/m1/s1. The summed E-state index contributed by atoms with van der Waals surface area (Å²) in [7, 11) is -0.845. The SMILES string of the molecule is Cc1ccnc(-c2ccc(NC(=O)N[C@H](C)CC[S@](C)=O)cc2)n1. The summed E-state index contributed by atoms with van der Waals surface area (Å²) >= 11 is 0. The molecule has 2 amide bonds. The van der Waals surface area contributed by atoms with Crippen LogP contribution in [0.15, 0.2) is 36.5 Å². The number of carbonyl (C=O) groups excluding carboxylic acids is 1. The number of benzene rings is 1. The summed E-state index contributed by atoms with van der Waals surface area (Å²) in [5.74, 6) is 1.24. The minimum absolute atomic E-state index is 0.0335. The summed E-state index contributed by atoms with van der Waals surface area (Å²) in [6, 6.07) is 8.90. The van der Waals surface area contributed by atoms with Gasteiger partial charge in [0.2, 0.25) is 0 Å². The highest BCUT2D eigenvalue weighted by Gasteiger charge is 2.08. The molecule has 0 saturated heterocycles. The molecule has 128 valence electrons. The molecule has 1 heterocycles. The number of nitrogens with zero attached hydrogens (tertiary/aromatic N) is 2. The number of hydrogen-bond acceptors (Lipinski definition) is 4. The van der Waals surface area contributed by atoms with Crippen LogP contribution in [-0.2, 0) is 10.8 Å². The predicted octanol–water partition coefficient (Wildman–Crippen LogP) is 2.73. The van der Waals surface area contributed by atoms with Crippen molar-refractivity contribution in [2.45, 2.75) is 26.3 Å². The van der Waals surface area contributed by atoms with E-state index in [4.69, 9.17) is 0 Å². The third-order valence-corrected chi connectivity index (χ3v) is 4.22. The Bertz CT molecular complexity index is 719.